The minimum atomic E-state index is 0.280. The summed E-state index contributed by atoms with van der Waals surface area (Å²) in [5.74, 6) is 0. The summed E-state index contributed by atoms with van der Waals surface area (Å²) in [6.45, 7) is 5.51. The Balaban J connectivity index is 1.99. The second-order valence-corrected chi connectivity index (χ2v) is 4.53. The first-order valence-electron chi connectivity index (χ1n) is 6.19. The van der Waals surface area contributed by atoms with Crippen molar-refractivity contribution < 1.29 is 5.11 Å². The summed E-state index contributed by atoms with van der Waals surface area (Å²) in [4.78, 5) is 6.57. The molecular formula is C12H21N3O. The largest absolute Gasteiger partial charge is 0.395 e. The minimum absolute atomic E-state index is 0.280. The lowest BCUT2D eigenvalue weighted by Gasteiger charge is -2.22. The Morgan fingerprint density at radius 2 is 2.44 bits per heavy atom. The lowest BCUT2D eigenvalue weighted by atomic mass is 10.2. The molecule has 1 atom stereocenters. The van der Waals surface area contributed by atoms with Crippen LogP contribution < -0.4 is 0 Å². The molecule has 4 heteroatoms. The van der Waals surface area contributed by atoms with Gasteiger partial charge < -0.3 is 9.67 Å². The van der Waals surface area contributed by atoms with Crippen LogP contribution >= 0.6 is 0 Å². The van der Waals surface area contributed by atoms with Gasteiger partial charge in [-0.2, -0.15) is 0 Å². The number of nitrogens with zero attached hydrogens (tertiary/aromatic N) is 3. The van der Waals surface area contributed by atoms with E-state index in [-0.39, 0.29) is 6.61 Å². The van der Waals surface area contributed by atoms with Crippen molar-refractivity contribution in [3.63, 3.8) is 0 Å². The van der Waals surface area contributed by atoms with Crippen LogP contribution in [0.1, 0.15) is 31.9 Å². The van der Waals surface area contributed by atoms with Gasteiger partial charge in [-0.15, -0.1) is 0 Å². The number of hydrogen-bond donors (Lipinski definition) is 1. The van der Waals surface area contributed by atoms with Crippen molar-refractivity contribution in [1.29, 1.82) is 0 Å². The van der Waals surface area contributed by atoms with Gasteiger partial charge in [-0.1, -0.05) is 6.92 Å². The molecule has 1 saturated heterocycles. The smallest absolute Gasteiger partial charge is 0.0948 e. The molecule has 0 aromatic carbocycles. The molecule has 0 saturated carbocycles. The van der Waals surface area contributed by atoms with Gasteiger partial charge in [-0.3, -0.25) is 4.90 Å². The fraction of sp³-hybridized carbons (Fsp3) is 0.750. The molecule has 0 spiro atoms. The third-order valence-electron chi connectivity index (χ3n) is 3.34. The normalized spacial score (nSPS) is 21.8. The average Bonchev–Trinajstić information content (AvgIpc) is 2.89. The number of imidazole rings is 1. The summed E-state index contributed by atoms with van der Waals surface area (Å²) >= 11 is 0. The van der Waals surface area contributed by atoms with Crippen LogP contribution in [0, 0.1) is 0 Å². The SMILES string of the molecule is CCCn1cncc1CN1CCCC1CO. The first-order chi connectivity index (χ1) is 7.85. The molecule has 1 fully saturated rings. The first-order valence-corrected chi connectivity index (χ1v) is 6.19. The lowest BCUT2D eigenvalue weighted by Crippen LogP contribution is -2.32. The van der Waals surface area contributed by atoms with Gasteiger partial charge in [0.2, 0.25) is 0 Å². The number of aliphatic hydroxyl groups excluding tert-OH is 1. The van der Waals surface area contributed by atoms with Crippen molar-refractivity contribution in [1.82, 2.24) is 14.5 Å². The molecular weight excluding hydrogens is 202 g/mol. The zero-order valence-electron chi connectivity index (χ0n) is 9.97. The maximum atomic E-state index is 9.27. The van der Waals surface area contributed by atoms with E-state index in [9.17, 15) is 5.11 Å². The Kier molecular flexibility index (Phi) is 3.96. The van der Waals surface area contributed by atoms with E-state index in [1.807, 2.05) is 12.5 Å². The molecule has 1 aromatic heterocycles. The summed E-state index contributed by atoms with van der Waals surface area (Å²) < 4.78 is 2.22. The van der Waals surface area contributed by atoms with Crippen LogP contribution in [0.25, 0.3) is 0 Å². The Morgan fingerprint density at radius 1 is 1.56 bits per heavy atom. The molecule has 0 radical (unpaired) electrons. The third kappa shape index (κ3) is 2.44. The molecule has 1 aliphatic heterocycles. The van der Waals surface area contributed by atoms with Crippen molar-refractivity contribution in [3.8, 4) is 0 Å². The predicted octanol–water partition coefficient (Wildman–Crippen LogP) is 1.25. The van der Waals surface area contributed by atoms with Gasteiger partial charge in [0, 0.05) is 25.3 Å². The Labute approximate surface area is 96.9 Å². The molecule has 1 unspecified atom stereocenters. The van der Waals surface area contributed by atoms with Crippen molar-refractivity contribution in [2.45, 2.75) is 45.3 Å². The molecule has 1 aromatic rings. The summed E-state index contributed by atoms with van der Waals surface area (Å²) in [7, 11) is 0. The fourth-order valence-corrected chi connectivity index (χ4v) is 2.44. The molecule has 1 N–H and O–H groups in total. The quantitative estimate of drug-likeness (QED) is 0.817. The van der Waals surface area contributed by atoms with Gasteiger partial charge in [0.15, 0.2) is 0 Å². The molecule has 90 valence electrons. The van der Waals surface area contributed by atoms with Crippen LogP contribution in [0.2, 0.25) is 0 Å². The molecule has 4 nitrogen and oxygen atoms in total. The zero-order chi connectivity index (χ0) is 11.4. The second-order valence-electron chi connectivity index (χ2n) is 4.53. The van der Waals surface area contributed by atoms with Gasteiger partial charge in [-0.25, -0.2) is 4.98 Å². The molecule has 0 amide bonds. The van der Waals surface area contributed by atoms with Gasteiger partial charge >= 0.3 is 0 Å². The molecule has 1 aliphatic rings. The Morgan fingerprint density at radius 3 is 3.19 bits per heavy atom. The van der Waals surface area contributed by atoms with Gasteiger partial charge in [-0.05, 0) is 25.8 Å². The highest BCUT2D eigenvalue weighted by molar-refractivity contribution is 4.99. The highest BCUT2D eigenvalue weighted by Crippen LogP contribution is 2.19. The van der Waals surface area contributed by atoms with E-state index >= 15 is 0 Å². The number of aryl methyl sites for hydroxylation is 1. The van der Waals surface area contributed by atoms with E-state index in [1.54, 1.807) is 0 Å². The van der Waals surface area contributed by atoms with Crippen LogP contribution in [0.15, 0.2) is 12.5 Å². The van der Waals surface area contributed by atoms with Crippen LogP contribution in [0.5, 0.6) is 0 Å². The number of likely N-dealkylation sites (tertiary alicyclic amines) is 1. The molecule has 0 aliphatic carbocycles. The standard InChI is InChI=1S/C12H21N3O/c1-2-5-15-10-13-7-12(15)8-14-6-3-4-11(14)9-16/h7,10-11,16H,2-6,8-9H2,1H3. The lowest BCUT2D eigenvalue weighted by molar-refractivity contribution is 0.151. The molecule has 16 heavy (non-hydrogen) atoms. The van der Waals surface area contributed by atoms with Crippen LogP contribution in [0.3, 0.4) is 0 Å². The van der Waals surface area contributed by atoms with Crippen molar-refractivity contribution >= 4 is 0 Å². The number of rotatable bonds is 5. The topological polar surface area (TPSA) is 41.3 Å². The van der Waals surface area contributed by atoms with Gasteiger partial charge in [0.25, 0.3) is 0 Å². The van der Waals surface area contributed by atoms with E-state index in [4.69, 9.17) is 0 Å². The van der Waals surface area contributed by atoms with E-state index < -0.39 is 0 Å². The van der Waals surface area contributed by atoms with Crippen molar-refractivity contribution in [2.24, 2.45) is 0 Å². The summed E-state index contributed by atoms with van der Waals surface area (Å²) in [5.41, 5.74) is 1.27. The number of aliphatic hydroxyl groups is 1. The second kappa shape index (κ2) is 5.46. The van der Waals surface area contributed by atoms with Crippen molar-refractivity contribution in [3.05, 3.63) is 18.2 Å². The van der Waals surface area contributed by atoms with E-state index in [0.717, 1.165) is 32.5 Å². The molecule has 2 rings (SSSR count). The zero-order valence-corrected chi connectivity index (χ0v) is 9.97. The number of hydrogen-bond acceptors (Lipinski definition) is 3. The highest BCUT2D eigenvalue weighted by atomic mass is 16.3. The molecule has 2 heterocycles. The summed E-state index contributed by atoms with van der Waals surface area (Å²) in [6, 6.07) is 0.352. The minimum Gasteiger partial charge on any atom is -0.395 e. The van der Waals surface area contributed by atoms with Crippen LogP contribution in [0.4, 0.5) is 0 Å². The van der Waals surface area contributed by atoms with Crippen LogP contribution in [-0.4, -0.2) is 38.8 Å². The van der Waals surface area contributed by atoms with Crippen LogP contribution in [-0.2, 0) is 13.1 Å². The van der Waals surface area contributed by atoms with Crippen molar-refractivity contribution in [2.75, 3.05) is 13.2 Å². The van der Waals surface area contributed by atoms with Gasteiger partial charge in [0.1, 0.15) is 0 Å². The summed E-state index contributed by atoms with van der Waals surface area (Å²) in [5, 5.41) is 9.27. The summed E-state index contributed by atoms with van der Waals surface area (Å²) in [6.07, 6.45) is 7.31. The van der Waals surface area contributed by atoms with E-state index in [0.29, 0.717) is 6.04 Å². The maximum absolute atomic E-state index is 9.27. The highest BCUT2D eigenvalue weighted by Gasteiger charge is 2.24. The Bertz CT molecular complexity index is 324. The average molecular weight is 223 g/mol. The fourth-order valence-electron chi connectivity index (χ4n) is 2.44. The van der Waals surface area contributed by atoms with E-state index in [1.165, 1.54) is 12.1 Å². The van der Waals surface area contributed by atoms with Gasteiger partial charge in [0.05, 0.1) is 18.6 Å². The maximum Gasteiger partial charge on any atom is 0.0948 e. The monoisotopic (exact) mass is 223 g/mol. The third-order valence-corrected chi connectivity index (χ3v) is 3.34. The van der Waals surface area contributed by atoms with E-state index in [2.05, 4.69) is 21.4 Å². The number of aromatic nitrogens is 2. The predicted molar refractivity (Wildman–Crippen MR) is 63.0 cm³/mol. The molecule has 0 bridgehead atoms. The Hall–Kier alpha value is -0.870. The first kappa shape index (κ1) is 11.6.